The van der Waals surface area contributed by atoms with Gasteiger partial charge in [0.05, 0.1) is 13.2 Å². The van der Waals surface area contributed by atoms with E-state index in [-0.39, 0.29) is 11.8 Å². The molecule has 1 atom stereocenters. The predicted molar refractivity (Wildman–Crippen MR) is 36.5 cm³/mol. The molecule has 1 saturated carbocycles. The number of hydrogen-bond donors (Lipinski definition) is 1. The van der Waals surface area contributed by atoms with Gasteiger partial charge in [0.25, 0.3) is 0 Å². The first-order chi connectivity index (χ1) is 4.81. The van der Waals surface area contributed by atoms with Gasteiger partial charge in [0, 0.05) is 18.9 Å². The monoisotopic (exact) mass is 143 g/mol. The molecule has 2 rings (SSSR count). The molecular formula is C7H13NO2. The van der Waals surface area contributed by atoms with Crippen molar-refractivity contribution in [1.82, 2.24) is 0 Å². The van der Waals surface area contributed by atoms with E-state index >= 15 is 0 Å². The van der Waals surface area contributed by atoms with Gasteiger partial charge in [0.2, 0.25) is 0 Å². The smallest absolute Gasteiger partial charge is 0.170 e. The van der Waals surface area contributed by atoms with E-state index in [4.69, 9.17) is 15.2 Å². The van der Waals surface area contributed by atoms with E-state index in [0.717, 1.165) is 32.5 Å². The Labute approximate surface area is 60.5 Å². The largest absolute Gasteiger partial charge is 0.347 e. The van der Waals surface area contributed by atoms with Gasteiger partial charge >= 0.3 is 0 Å². The molecule has 2 aliphatic rings. The summed E-state index contributed by atoms with van der Waals surface area (Å²) in [4.78, 5) is 0. The molecule has 1 saturated heterocycles. The van der Waals surface area contributed by atoms with Crippen molar-refractivity contribution in [1.29, 1.82) is 0 Å². The fourth-order valence-electron chi connectivity index (χ4n) is 1.77. The van der Waals surface area contributed by atoms with Crippen molar-refractivity contribution in [2.45, 2.75) is 31.1 Å². The first kappa shape index (κ1) is 6.58. The molecule has 0 amide bonds. The van der Waals surface area contributed by atoms with Crippen LogP contribution in [0.25, 0.3) is 0 Å². The highest BCUT2D eigenvalue weighted by Crippen LogP contribution is 2.36. The zero-order valence-corrected chi connectivity index (χ0v) is 6.01. The Kier molecular flexibility index (Phi) is 1.44. The van der Waals surface area contributed by atoms with Crippen LogP contribution >= 0.6 is 0 Å². The van der Waals surface area contributed by atoms with Crippen molar-refractivity contribution in [3.05, 3.63) is 0 Å². The summed E-state index contributed by atoms with van der Waals surface area (Å²) in [5.74, 6) is -0.264. The zero-order valence-electron chi connectivity index (χ0n) is 6.01. The molecule has 0 radical (unpaired) electrons. The first-order valence-corrected chi connectivity index (χ1v) is 3.84. The summed E-state index contributed by atoms with van der Waals surface area (Å²) in [6.07, 6.45) is 2.90. The Bertz CT molecular complexity index is 132. The molecule has 58 valence electrons. The van der Waals surface area contributed by atoms with Crippen molar-refractivity contribution >= 4 is 0 Å². The van der Waals surface area contributed by atoms with Crippen molar-refractivity contribution in [2.24, 2.45) is 5.73 Å². The highest BCUT2D eigenvalue weighted by atomic mass is 16.7. The van der Waals surface area contributed by atoms with Crippen LogP contribution in [0.3, 0.4) is 0 Å². The van der Waals surface area contributed by atoms with E-state index in [1.807, 2.05) is 0 Å². The van der Waals surface area contributed by atoms with Gasteiger partial charge in [-0.3, -0.25) is 0 Å². The summed E-state index contributed by atoms with van der Waals surface area (Å²) in [5.41, 5.74) is 5.73. The molecule has 0 unspecified atom stereocenters. The highest BCUT2D eigenvalue weighted by Gasteiger charge is 2.42. The fourth-order valence-corrected chi connectivity index (χ4v) is 1.77. The van der Waals surface area contributed by atoms with Gasteiger partial charge in [-0.15, -0.1) is 0 Å². The van der Waals surface area contributed by atoms with Crippen LogP contribution < -0.4 is 5.73 Å². The molecule has 0 aromatic rings. The maximum absolute atomic E-state index is 5.73. The average Bonchev–Trinajstić information content (AvgIpc) is 2.46. The third kappa shape index (κ3) is 0.944. The lowest BCUT2D eigenvalue weighted by Gasteiger charge is -2.20. The van der Waals surface area contributed by atoms with Crippen LogP contribution in [-0.2, 0) is 9.47 Å². The summed E-state index contributed by atoms with van der Waals surface area (Å²) in [6.45, 7) is 1.49. The van der Waals surface area contributed by atoms with Crippen molar-refractivity contribution < 1.29 is 9.47 Å². The summed E-state index contributed by atoms with van der Waals surface area (Å²) >= 11 is 0. The van der Waals surface area contributed by atoms with Crippen molar-refractivity contribution in [2.75, 3.05) is 13.2 Å². The minimum absolute atomic E-state index is 0.264. The van der Waals surface area contributed by atoms with E-state index in [2.05, 4.69) is 0 Å². The Morgan fingerprint density at radius 3 is 2.50 bits per heavy atom. The van der Waals surface area contributed by atoms with Gasteiger partial charge in [-0.1, -0.05) is 0 Å². The third-order valence-corrected chi connectivity index (χ3v) is 2.28. The van der Waals surface area contributed by atoms with Crippen LogP contribution in [-0.4, -0.2) is 25.0 Å². The number of nitrogens with two attached hydrogens (primary N) is 1. The minimum atomic E-state index is -0.264. The van der Waals surface area contributed by atoms with Gasteiger partial charge in [-0.2, -0.15) is 0 Å². The van der Waals surface area contributed by atoms with Crippen molar-refractivity contribution in [3.8, 4) is 0 Å². The molecule has 2 N–H and O–H groups in total. The van der Waals surface area contributed by atoms with E-state index in [9.17, 15) is 0 Å². The number of rotatable bonds is 0. The van der Waals surface area contributed by atoms with E-state index in [1.165, 1.54) is 0 Å². The van der Waals surface area contributed by atoms with E-state index in [1.54, 1.807) is 0 Å². The summed E-state index contributed by atoms with van der Waals surface area (Å²) < 4.78 is 10.9. The SMILES string of the molecule is N[C@H]1CCC2(C1)OCCO2. The number of ether oxygens (including phenoxy) is 2. The summed E-state index contributed by atoms with van der Waals surface area (Å²) in [7, 11) is 0. The molecule has 1 aliphatic carbocycles. The second-order valence-corrected chi connectivity index (χ2v) is 3.11. The van der Waals surface area contributed by atoms with Crippen molar-refractivity contribution in [3.63, 3.8) is 0 Å². The van der Waals surface area contributed by atoms with Gasteiger partial charge in [0.15, 0.2) is 5.79 Å². The quantitative estimate of drug-likeness (QED) is 0.528. The normalized spacial score (nSPS) is 37.5. The first-order valence-electron chi connectivity index (χ1n) is 3.84. The lowest BCUT2D eigenvalue weighted by atomic mass is 10.2. The number of hydrogen-bond acceptors (Lipinski definition) is 3. The Morgan fingerprint density at radius 2 is 2.00 bits per heavy atom. The minimum Gasteiger partial charge on any atom is -0.347 e. The van der Waals surface area contributed by atoms with Crippen LogP contribution in [0.1, 0.15) is 19.3 Å². The maximum Gasteiger partial charge on any atom is 0.170 e. The van der Waals surface area contributed by atoms with Crippen LogP contribution in [0.5, 0.6) is 0 Å². The van der Waals surface area contributed by atoms with Gasteiger partial charge in [0.1, 0.15) is 0 Å². The standard InChI is InChI=1S/C7H13NO2/c8-6-1-2-7(5-6)9-3-4-10-7/h6H,1-5,8H2/t6-/m0/s1. The maximum atomic E-state index is 5.73. The molecular weight excluding hydrogens is 130 g/mol. The average molecular weight is 143 g/mol. The molecule has 0 bridgehead atoms. The van der Waals surface area contributed by atoms with Crippen LogP contribution in [0.15, 0.2) is 0 Å². The molecule has 2 fully saturated rings. The molecule has 3 heteroatoms. The lowest BCUT2D eigenvalue weighted by molar-refractivity contribution is -0.150. The van der Waals surface area contributed by atoms with Crippen LogP contribution in [0.2, 0.25) is 0 Å². The van der Waals surface area contributed by atoms with Gasteiger partial charge in [-0.25, -0.2) is 0 Å². The fraction of sp³-hybridized carbons (Fsp3) is 1.00. The van der Waals surface area contributed by atoms with E-state index < -0.39 is 0 Å². The predicted octanol–water partition coefficient (Wildman–Crippen LogP) is 0.241. The van der Waals surface area contributed by atoms with E-state index in [0.29, 0.717) is 0 Å². The topological polar surface area (TPSA) is 44.5 Å². The Morgan fingerprint density at radius 1 is 1.30 bits per heavy atom. The third-order valence-electron chi connectivity index (χ3n) is 2.28. The molecule has 0 aromatic carbocycles. The summed E-state index contributed by atoms with van der Waals surface area (Å²) in [6, 6.07) is 0.290. The molecule has 0 aromatic heterocycles. The van der Waals surface area contributed by atoms with Gasteiger partial charge < -0.3 is 15.2 Å². The Balaban J connectivity index is 2.03. The molecule has 1 aliphatic heterocycles. The second kappa shape index (κ2) is 2.19. The lowest BCUT2D eigenvalue weighted by Crippen LogP contribution is -2.28. The van der Waals surface area contributed by atoms with Gasteiger partial charge in [-0.05, 0) is 6.42 Å². The molecule has 10 heavy (non-hydrogen) atoms. The summed E-state index contributed by atoms with van der Waals surface area (Å²) in [5, 5.41) is 0. The van der Waals surface area contributed by atoms with Crippen LogP contribution in [0.4, 0.5) is 0 Å². The second-order valence-electron chi connectivity index (χ2n) is 3.11. The molecule has 3 nitrogen and oxygen atoms in total. The highest BCUT2D eigenvalue weighted by molar-refractivity contribution is 4.87. The Hall–Kier alpha value is -0.120. The molecule has 1 spiro atoms. The zero-order chi connectivity index (χ0) is 7.03. The molecule has 1 heterocycles. The van der Waals surface area contributed by atoms with Crippen LogP contribution in [0, 0.1) is 0 Å².